The molecular weight excluding hydrogens is 387 g/mol. The summed E-state index contributed by atoms with van der Waals surface area (Å²) in [6.07, 6.45) is 0. The minimum Gasteiger partial charge on any atom is -0.0703 e. The van der Waals surface area contributed by atoms with Crippen molar-refractivity contribution in [3.63, 3.8) is 0 Å². The molecule has 3 nitrogen and oxygen atoms in total. The Morgan fingerprint density at radius 2 is 1.03 bits per heavy atom. The molecule has 2 unspecified atom stereocenters. The molecule has 5 rings (SSSR count). The van der Waals surface area contributed by atoms with E-state index in [-0.39, 0.29) is 12.1 Å². The van der Waals surface area contributed by atoms with Crippen molar-refractivity contribution >= 4 is 29.6 Å². The SMILES string of the molecule is CC(c1cccc2ccccc12)N1CCN(C(C)c2cccc3ccccc23)[P+]1=O. The first-order chi connectivity index (χ1) is 14.6. The van der Waals surface area contributed by atoms with Gasteiger partial charge in [0.05, 0.1) is 25.2 Å². The van der Waals surface area contributed by atoms with Crippen LogP contribution in [0, 0.1) is 0 Å². The van der Waals surface area contributed by atoms with Gasteiger partial charge in [-0.3, -0.25) is 0 Å². The third-order valence-electron chi connectivity index (χ3n) is 6.44. The third-order valence-corrected chi connectivity index (χ3v) is 8.41. The van der Waals surface area contributed by atoms with Gasteiger partial charge in [-0.15, -0.1) is 0 Å². The summed E-state index contributed by atoms with van der Waals surface area (Å²) < 4.78 is 17.9. The lowest BCUT2D eigenvalue weighted by molar-refractivity contribution is 0.379. The van der Waals surface area contributed by atoms with E-state index in [1.807, 2.05) is 0 Å². The number of nitrogens with zero attached hydrogens (tertiary/aromatic N) is 2. The Balaban J connectivity index is 1.45. The molecule has 4 heteroatoms. The maximum absolute atomic E-state index is 13.6. The molecule has 2 atom stereocenters. The Bertz CT molecular complexity index is 1130. The zero-order chi connectivity index (χ0) is 20.7. The van der Waals surface area contributed by atoms with Gasteiger partial charge in [0.1, 0.15) is 0 Å². The Labute approximate surface area is 178 Å². The summed E-state index contributed by atoms with van der Waals surface area (Å²) in [4.78, 5) is 0. The lowest BCUT2D eigenvalue weighted by Gasteiger charge is -2.19. The van der Waals surface area contributed by atoms with Crippen molar-refractivity contribution in [3.05, 3.63) is 96.1 Å². The van der Waals surface area contributed by atoms with Gasteiger partial charge in [-0.05, 0) is 51.1 Å². The fraction of sp³-hybridized carbons (Fsp3) is 0.231. The lowest BCUT2D eigenvalue weighted by Crippen LogP contribution is -2.18. The van der Waals surface area contributed by atoms with E-state index in [1.165, 1.54) is 32.7 Å². The summed E-state index contributed by atoms with van der Waals surface area (Å²) >= 11 is 0. The van der Waals surface area contributed by atoms with Crippen LogP contribution >= 0.6 is 8.10 Å². The summed E-state index contributed by atoms with van der Waals surface area (Å²) in [5.41, 5.74) is 2.49. The molecule has 1 saturated heterocycles. The van der Waals surface area contributed by atoms with E-state index in [9.17, 15) is 4.57 Å². The summed E-state index contributed by atoms with van der Waals surface area (Å²) in [7, 11) is -1.61. The van der Waals surface area contributed by atoms with E-state index in [0.717, 1.165) is 13.1 Å². The largest absolute Gasteiger partial charge is 0.538 e. The molecule has 0 radical (unpaired) electrons. The molecule has 30 heavy (non-hydrogen) atoms. The standard InChI is InChI=1S/C26H26N2OP/c1-19(23-15-7-11-21-9-3-5-13-25(21)23)27-17-18-28(30(27)29)20(2)24-16-8-12-22-10-4-6-14-26(22)24/h3-16,19-20H,17-18H2,1-2H3/q+1. The lowest BCUT2D eigenvalue weighted by atomic mass is 9.99. The molecule has 1 aliphatic heterocycles. The molecular formula is C26H26N2OP+. The van der Waals surface area contributed by atoms with Gasteiger partial charge in [0, 0.05) is 0 Å². The first kappa shape index (κ1) is 19.4. The van der Waals surface area contributed by atoms with Crippen LogP contribution in [0.1, 0.15) is 37.1 Å². The van der Waals surface area contributed by atoms with Gasteiger partial charge in [0.2, 0.25) is 0 Å². The van der Waals surface area contributed by atoms with Crippen molar-refractivity contribution < 1.29 is 4.57 Å². The van der Waals surface area contributed by atoms with Crippen LogP contribution in [0.2, 0.25) is 0 Å². The van der Waals surface area contributed by atoms with Gasteiger partial charge in [-0.25, -0.2) is 0 Å². The first-order valence-electron chi connectivity index (χ1n) is 10.6. The average molecular weight is 413 g/mol. The van der Waals surface area contributed by atoms with Crippen molar-refractivity contribution in [1.82, 2.24) is 9.34 Å². The highest BCUT2D eigenvalue weighted by Gasteiger charge is 2.49. The Kier molecular flexibility index (Phi) is 5.12. The molecule has 1 aliphatic rings. The monoisotopic (exact) mass is 413 g/mol. The van der Waals surface area contributed by atoms with E-state index in [1.54, 1.807) is 0 Å². The molecule has 0 aliphatic carbocycles. The van der Waals surface area contributed by atoms with Crippen LogP contribution in [-0.4, -0.2) is 22.4 Å². The van der Waals surface area contributed by atoms with Gasteiger partial charge in [0.25, 0.3) is 0 Å². The van der Waals surface area contributed by atoms with E-state index < -0.39 is 8.10 Å². The van der Waals surface area contributed by atoms with Gasteiger partial charge in [-0.1, -0.05) is 94.3 Å². The van der Waals surface area contributed by atoms with Crippen LogP contribution in [0.3, 0.4) is 0 Å². The van der Waals surface area contributed by atoms with Crippen molar-refractivity contribution in [2.45, 2.75) is 25.9 Å². The summed E-state index contributed by atoms with van der Waals surface area (Å²) in [6, 6.07) is 30.0. The minimum atomic E-state index is -1.61. The highest BCUT2D eigenvalue weighted by molar-refractivity contribution is 7.39. The van der Waals surface area contributed by atoms with Crippen molar-refractivity contribution in [2.75, 3.05) is 13.1 Å². The Morgan fingerprint density at radius 3 is 1.50 bits per heavy atom. The molecule has 0 aromatic heterocycles. The summed E-state index contributed by atoms with van der Waals surface area (Å²) in [5.74, 6) is 0. The predicted molar refractivity (Wildman–Crippen MR) is 126 cm³/mol. The van der Waals surface area contributed by atoms with Gasteiger partial charge < -0.3 is 0 Å². The molecule has 1 heterocycles. The quantitative estimate of drug-likeness (QED) is 0.334. The van der Waals surface area contributed by atoms with E-state index in [2.05, 4.69) is 108 Å². The molecule has 0 saturated carbocycles. The van der Waals surface area contributed by atoms with Crippen LogP contribution in [0.25, 0.3) is 21.5 Å². The van der Waals surface area contributed by atoms with E-state index >= 15 is 0 Å². The number of fused-ring (bicyclic) bond motifs is 2. The highest BCUT2D eigenvalue weighted by Crippen LogP contribution is 2.49. The normalized spacial score (nSPS) is 18.8. The highest BCUT2D eigenvalue weighted by atomic mass is 31.1. The minimum absolute atomic E-state index is 0.101. The Hall–Kier alpha value is -2.58. The Morgan fingerprint density at radius 1 is 0.633 bits per heavy atom. The molecule has 4 aromatic carbocycles. The number of rotatable bonds is 4. The molecule has 150 valence electrons. The zero-order valence-corrected chi connectivity index (χ0v) is 18.3. The van der Waals surface area contributed by atoms with Crippen LogP contribution in [0.15, 0.2) is 84.9 Å². The third kappa shape index (κ3) is 3.24. The second kappa shape index (κ2) is 7.92. The second-order valence-electron chi connectivity index (χ2n) is 8.07. The molecule has 0 spiro atoms. The molecule has 0 N–H and O–H groups in total. The maximum atomic E-state index is 13.6. The fourth-order valence-corrected chi connectivity index (χ4v) is 6.42. The van der Waals surface area contributed by atoms with Crippen LogP contribution in [-0.2, 0) is 4.57 Å². The summed E-state index contributed by atoms with van der Waals surface area (Å²) in [6.45, 7) is 5.99. The maximum Gasteiger partial charge on any atom is 0.538 e. The smallest absolute Gasteiger partial charge is 0.0703 e. The number of benzene rings is 4. The van der Waals surface area contributed by atoms with Gasteiger partial charge in [0.15, 0.2) is 0 Å². The molecule has 1 fully saturated rings. The molecule has 4 aromatic rings. The summed E-state index contributed by atoms with van der Waals surface area (Å²) in [5, 5.41) is 4.96. The first-order valence-corrected chi connectivity index (χ1v) is 11.8. The topological polar surface area (TPSA) is 23.6 Å². The van der Waals surface area contributed by atoms with Crippen molar-refractivity contribution in [3.8, 4) is 0 Å². The van der Waals surface area contributed by atoms with E-state index in [4.69, 9.17) is 0 Å². The van der Waals surface area contributed by atoms with Crippen molar-refractivity contribution in [2.24, 2.45) is 0 Å². The van der Waals surface area contributed by atoms with Crippen molar-refractivity contribution in [1.29, 1.82) is 0 Å². The van der Waals surface area contributed by atoms with Crippen LogP contribution < -0.4 is 0 Å². The average Bonchev–Trinajstić information content (AvgIpc) is 3.18. The van der Waals surface area contributed by atoms with Crippen LogP contribution in [0.5, 0.6) is 0 Å². The second-order valence-corrected chi connectivity index (χ2v) is 9.60. The predicted octanol–water partition coefficient (Wildman–Crippen LogP) is 7.09. The fourth-order valence-electron chi connectivity index (χ4n) is 4.76. The zero-order valence-electron chi connectivity index (χ0n) is 17.4. The van der Waals surface area contributed by atoms with E-state index in [0.29, 0.717) is 0 Å². The number of hydrogen-bond donors (Lipinski definition) is 0. The van der Waals surface area contributed by atoms with Crippen LogP contribution in [0.4, 0.5) is 0 Å². The number of hydrogen-bond acceptors (Lipinski definition) is 1. The van der Waals surface area contributed by atoms with Gasteiger partial charge in [-0.2, -0.15) is 0 Å². The molecule has 0 amide bonds. The molecule has 0 bridgehead atoms. The van der Waals surface area contributed by atoms with Gasteiger partial charge >= 0.3 is 8.10 Å².